The highest BCUT2D eigenvalue weighted by molar-refractivity contribution is 9.10. The van der Waals surface area contributed by atoms with Gasteiger partial charge >= 0.3 is 0 Å². The number of amides is 1. The van der Waals surface area contributed by atoms with Crippen molar-refractivity contribution in [1.82, 2.24) is 5.32 Å². The van der Waals surface area contributed by atoms with Crippen LogP contribution in [0.4, 0.5) is 5.69 Å². The molecule has 1 aromatic rings. The van der Waals surface area contributed by atoms with Crippen LogP contribution in [-0.2, 0) is 4.74 Å². The lowest BCUT2D eigenvalue weighted by Gasteiger charge is -2.34. The van der Waals surface area contributed by atoms with E-state index in [1.165, 1.54) is 0 Å². The first-order chi connectivity index (χ1) is 8.10. The number of benzene rings is 1. The summed E-state index contributed by atoms with van der Waals surface area (Å²) in [6.45, 7) is 0. The Morgan fingerprint density at radius 2 is 2.24 bits per heavy atom. The van der Waals surface area contributed by atoms with Crippen LogP contribution in [-0.4, -0.2) is 25.2 Å². The van der Waals surface area contributed by atoms with Gasteiger partial charge in [-0.25, -0.2) is 0 Å². The third-order valence-electron chi connectivity index (χ3n) is 3.00. The topological polar surface area (TPSA) is 64.3 Å². The van der Waals surface area contributed by atoms with Crippen molar-refractivity contribution >= 4 is 27.5 Å². The Balaban J connectivity index is 1.98. The molecule has 0 unspecified atom stereocenters. The van der Waals surface area contributed by atoms with Crippen LogP contribution in [0.3, 0.4) is 0 Å². The Bertz CT molecular complexity index is 431. The lowest BCUT2D eigenvalue weighted by atomic mass is 9.89. The van der Waals surface area contributed by atoms with Crippen molar-refractivity contribution in [2.75, 3.05) is 12.8 Å². The molecule has 17 heavy (non-hydrogen) atoms. The molecule has 92 valence electrons. The molecule has 1 fully saturated rings. The van der Waals surface area contributed by atoms with E-state index in [1.807, 2.05) is 0 Å². The molecule has 0 aromatic heterocycles. The zero-order valence-corrected chi connectivity index (χ0v) is 11.2. The normalized spacial score (nSPS) is 22.9. The summed E-state index contributed by atoms with van der Waals surface area (Å²) in [4.78, 5) is 12.0. The van der Waals surface area contributed by atoms with Gasteiger partial charge in [0.1, 0.15) is 0 Å². The van der Waals surface area contributed by atoms with Crippen LogP contribution in [0, 0.1) is 0 Å². The van der Waals surface area contributed by atoms with Crippen molar-refractivity contribution in [3.63, 3.8) is 0 Å². The fourth-order valence-corrected chi connectivity index (χ4v) is 2.28. The summed E-state index contributed by atoms with van der Waals surface area (Å²) in [5.74, 6) is -0.0938. The molecule has 0 heterocycles. The minimum atomic E-state index is -0.0938. The van der Waals surface area contributed by atoms with Gasteiger partial charge in [0.25, 0.3) is 5.91 Å². The first-order valence-electron chi connectivity index (χ1n) is 5.49. The molecule has 0 saturated heterocycles. The van der Waals surface area contributed by atoms with Crippen LogP contribution < -0.4 is 11.1 Å². The summed E-state index contributed by atoms with van der Waals surface area (Å²) in [5.41, 5.74) is 6.83. The molecule has 0 spiro atoms. The Labute approximate surface area is 109 Å². The quantitative estimate of drug-likeness (QED) is 0.838. The minimum Gasteiger partial charge on any atom is -0.399 e. The predicted molar refractivity (Wildman–Crippen MR) is 69.8 cm³/mol. The van der Waals surface area contributed by atoms with Gasteiger partial charge in [0.2, 0.25) is 0 Å². The highest BCUT2D eigenvalue weighted by Crippen LogP contribution is 2.24. The highest BCUT2D eigenvalue weighted by Gasteiger charge is 2.30. The summed E-state index contributed by atoms with van der Waals surface area (Å²) >= 11 is 3.35. The molecule has 0 aliphatic heterocycles. The van der Waals surface area contributed by atoms with Crippen LogP contribution in [0.1, 0.15) is 23.2 Å². The van der Waals surface area contributed by atoms with Crippen molar-refractivity contribution in [1.29, 1.82) is 0 Å². The molecule has 4 nitrogen and oxygen atoms in total. The Kier molecular flexibility index (Phi) is 3.69. The van der Waals surface area contributed by atoms with Gasteiger partial charge in [-0.1, -0.05) is 0 Å². The third-order valence-corrected chi connectivity index (χ3v) is 3.69. The second-order valence-corrected chi connectivity index (χ2v) is 5.09. The van der Waals surface area contributed by atoms with Gasteiger partial charge in [0.05, 0.1) is 11.7 Å². The maximum atomic E-state index is 12.0. The van der Waals surface area contributed by atoms with Crippen LogP contribution in [0.15, 0.2) is 22.7 Å². The predicted octanol–water partition coefficient (Wildman–Crippen LogP) is 1.94. The molecule has 1 saturated carbocycles. The number of carbonyl (C=O) groups is 1. The molecule has 0 bridgehead atoms. The Morgan fingerprint density at radius 3 is 2.88 bits per heavy atom. The molecule has 0 radical (unpaired) electrons. The summed E-state index contributed by atoms with van der Waals surface area (Å²) < 4.78 is 5.92. The summed E-state index contributed by atoms with van der Waals surface area (Å²) in [7, 11) is 1.69. The number of nitrogen functional groups attached to an aromatic ring is 1. The molecule has 5 heteroatoms. The molecule has 3 N–H and O–H groups in total. The van der Waals surface area contributed by atoms with E-state index in [4.69, 9.17) is 10.5 Å². The number of nitrogens with two attached hydrogens (primary N) is 1. The molecular formula is C12H15BrN2O2. The summed E-state index contributed by atoms with van der Waals surface area (Å²) in [5, 5.41) is 2.96. The molecule has 1 amide bonds. The van der Waals surface area contributed by atoms with E-state index < -0.39 is 0 Å². The van der Waals surface area contributed by atoms with Crippen LogP contribution in [0.25, 0.3) is 0 Å². The monoisotopic (exact) mass is 298 g/mol. The zero-order chi connectivity index (χ0) is 12.4. The Morgan fingerprint density at radius 1 is 1.53 bits per heavy atom. The van der Waals surface area contributed by atoms with Gasteiger partial charge in [-0.3, -0.25) is 4.79 Å². The number of anilines is 1. The first-order valence-corrected chi connectivity index (χ1v) is 6.28. The van der Waals surface area contributed by atoms with Crippen molar-refractivity contribution in [2.24, 2.45) is 0 Å². The minimum absolute atomic E-state index is 0.0938. The second-order valence-electron chi connectivity index (χ2n) is 4.24. The van der Waals surface area contributed by atoms with Gasteiger partial charge in [0, 0.05) is 23.3 Å². The number of halogens is 1. The highest BCUT2D eigenvalue weighted by atomic mass is 79.9. The van der Waals surface area contributed by atoms with Gasteiger partial charge in [-0.05, 0) is 47.0 Å². The van der Waals surface area contributed by atoms with Crippen molar-refractivity contribution in [3.8, 4) is 0 Å². The molecule has 0 atom stereocenters. The summed E-state index contributed by atoms with van der Waals surface area (Å²) in [6.07, 6.45) is 2.04. The standard InChI is InChI=1S/C12H15BrN2O2/c1-17-9-5-8(6-9)15-12(16)10-4-7(14)2-3-11(10)13/h2-4,8-9H,5-6,14H2,1H3,(H,15,16). The fourth-order valence-electron chi connectivity index (χ4n) is 1.86. The molecule has 1 aliphatic carbocycles. The number of hydrogen-bond acceptors (Lipinski definition) is 3. The van der Waals surface area contributed by atoms with E-state index in [2.05, 4.69) is 21.2 Å². The molecule has 1 aromatic carbocycles. The van der Waals surface area contributed by atoms with E-state index in [0.717, 1.165) is 17.3 Å². The van der Waals surface area contributed by atoms with Crippen LogP contribution >= 0.6 is 15.9 Å². The zero-order valence-electron chi connectivity index (χ0n) is 9.57. The van der Waals surface area contributed by atoms with E-state index in [1.54, 1.807) is 25.3 Å². The summed E-state index contributed by atoms with van der Waals surface area (Å²) in [6, 6.07) is 5.42. The fraction of sp³-hybridized carbons (Fsp3) is 0.417. The smallest absolute Gasteiger partial charge is 0.252 e. The Hall–Kier alpha value is -1.07. The van der Waals surface area contributed by atoms with Crippen molar-refractivity contribution < 1.29 is 9.53 Å². The number of carbonyl (C=O) groups excluding carboxylic acids is 1. The number of hydrogen-bond donors (Lipinski definition) is 2. The van der Waals surface area contributed by atoms with E-state index >= 15 is 0 Å². The molecular weight excluding hydrogens is 284 g/mol. The van der Waals surface area contributed by atoms with E-state index in [9.17, 15) is 4.79 Å². The average molecular weight is 299 g/mol. The lowest BCUT2D eigenvalue weighted by molar-refractivity contribution is 0.0176. The van der Waals surface area contributed by atoms with Crippen molar-refractivity contribution in [3.05, 3.63) is 28.2 Å². The van der Waals surface area contributed by atoms with Gasteiger partial charge in [0.15, 0.2) is 0 Å². The SMILES string of the molecule is COC1CC(NC(=O)c2cc(N)ccc2Br)C1. The largest absolute Gasteiger partial charge is 0.399 e. The second kappa shape index (κ2) is 5.06. The van der Waals surface area contributed by atoms with Gasteiger partial charge in [-0.15, -0.1) is 0 Å². The number of rotatable bonds is 3. The lowest BCUT2D eigenvalue weighted by Crippen LogP contribution is -2.47. The number of methoxy groups -OCH3 is 1. The maximum Gasteiger partial charge on any atom is 0.252 e. The maximum absolute atomic E-state index is 12.0. The van der Waals surface area contributed by atoms with Gasteiger partial charge in [-0.2, -0.15) is 0 Å². The third kappa shape index (κ3) is 2.79. The number of ether oxygens (including phenoxy) is 1. The molecule has 2 rings (SSSR count). The van der Waals surface area contributed by atoms with E-state index in [-0.39, 0.29) is 18.1 Å². The number of nitrogens with one attached hydrogen (secondary N) is 1. The van der Waals surface area contributed by atoms with Gasteiger partial charge < -0.3 is 15.8 Å². The average Bonchev–Trinajstić information content (AvgIpc) is 2.25. The van der Waals surface area contributed by atoms with Crippen LogP contribution in [0.5, 0.6) is 0 Å². The van der Waals surface area contributed by atoms with Crippen molar-refractivity contribution in [2.45, 2.75) is 25.0 Å². The van der Waals surface area contributed by atoms with Crippen LogP contribution in [0.2, 0.25) is 0 Å². The molecule has 1 aliphatic rings. The van der Waals surface area contributed by atoms with E-state index in [0.29, 0.717) is 11.3 Å². The first kappa shape index (κ1) is 12.4.